The number of carbonyl (C=O) groups is 2. The van der Waals surface area contributed by atoms with Crippen molar-refractivity contribution in [2.45, 2.75) is 0 Å². The summed E-state index contributed by atoms with van der Waals surface area (Å²) >= 11 is 0. The molecule has 0 atom stereocenters. The molecule has 9 nitrogen and oxygen atoms in total. The van der Waals surface area contributed by atoms with Crippen molar-refractivity contribution >= 4 is 29.1 Å². The van der Waals surface area contributed by atoms with Gasteiger partial charge in [0, 0.05) is 24.0 Å². The molecule has 2 amide bonds. The smallest absolute Gasteiger partial charge is 0.261 e. The van der Waals surface area contributed by atoms with Gasteiger partial charge in [0.15, 0.2) is 11.5 Å². The van der Waals surface area contributed by atoms with E-state index in [1.165, 1.54) is 0 Å². The van der Waals surface area contributed by atoms with E-state index >= 15 is 0 Å². The van der Waals surface area contributed by atoms with Gasteiger partial charge in [-0.1, -0.05) is 6.07 Å². The SMILES string of the molecule is COc1ccc(-c2cc3nccn3c(Nc3cccc4c3C(=O)NC4=O)n2)cc1OC. The summed E-state index contributed by atoms with van der Waals surface area (Å²) in [6.07, 6.45) is 3.42. The maximum absolute atomic E-state index is 12.3. The normalized spacial score (nSPS) is 12.6. The van der Waals surface area contributed by atoms with Crippen LogP contribution in [0.4, 0.5) is 11.6 Å². The number of hydrogen-bond donors (Lipinski definition) is 2. The number of imide groups is 1. The van der Waals surface area contributed by atoms with Gasteiger partial charge in [0.1, 0.15) is 5.65 Å². The van der Waals surface area contributed by atoms with Crippen molar-refractivity contribution in [2.24, 2.45) is 0 Å². The Morgan fingerprint density at radius 1 is 1.00 bits per heavy atom. The largest absolute Gasteiger partial charge is 0.493 e. The summed E-state index contributed by atoms with van der Waals surface area (Å²) in [5.41, 5.74) is 3.21. The van der Waals surface area contributed by atoms with E-state index in [0.29, 0.717) is 45.6 Å². The predicted molar refractivity (Wildman–Crippen MR) is 113 cm³/mol. The number of nitrogens with zero attached hydrogens (tertiary/aromatic N) is 3. The van der Waals surface area contributed by atoms with E-state index < -0.39 is 11.8 Å². The van der Waals surface area contributed by atoms with Crippen molar-refractivity contribution in [3.05, 3.63) is 66.0 Å². The van der Waals surface area contributed by atoms with E-state index in [2.05, 4.69) is 15.6 Å². The van der Waals surface area contributed by atoms with Crippen molar-refractivity contribution in [2.75, 3.05) is 19.5 Å². The number of nitrogens with one attached hydrogen (secondary N) is 2. The zero-order chi connectivity index (χ0) is 21.5. The van der Waals surface area contributed by atoms with Crippen LogP contribution in [-0.2, 0) is 0 Å². The first-order valence-electron chi connectivity index (χ1n) is 9.41. The maximum atomic E-state index is 12.3. The number of benzene rings is 2. The molecule has 3 heterocycles. The summed E-state index contributed by atoms with van der Waals surface area (Å²) in [6.45, 7) is 0. The minimum atomic E-state index is -0.443. The standard InChI is InChI=1S/C22H17N5O4/c1-30-16-7-6-12(10-17(16)31-2)15-11-18-23-8-9-27(18)22(25-15)24-14-5-3-4-13-19(14)21(29)26-20(13)28/h3-11H,1-2H3,(H,24,25)(H,26,28,29). The highest BCUT2D eigenvalue weighted by molar-refractivity contribution is 6.24. The van der Waals surface area contributed by atoms with Crippen LogP contribution in [0.5, 0.6) is 11.5 Å². The van der Waals surface area contributed by atoms with Crippen LogP contribution in [0.1, 0.15) is 20.7 Å². The van der Waals surface area contributed by atoms with Crippen molar-refractivity contribution in [1.29, 1.82) is 0 Å². The Morgan fingerprint density at radius 2 is 1.84 bits per heavy atom. The molecule has 9 heteroatoms. The van der Waals surface area contributed by atoms with Crippen LogP contribution < -0.4 is 20.1 Å². The maximum Gasteiger partial charge on any atom is 0.261 e. The van der Waals surface area contributed by atoms with E-state index in [1.54, 1.807) is 55.3 Å². The van der Waals surface area contributed by atoms with Crippen molar-refractivity contribution in [3.8, 4) is 22.8 Å². The summed E-state index contributed by atoms with van der Waals surface area (Å²) < 4.78 is 12.5. The number of aromatic nitrogens is 3. The van der Waals surface area contributed by atoms with E-state index in [4.69, 9.17) is 14.5 Å². The molecule has 2 aromatic carbocycles. The van der Waals surface area contributed by atoms with Gasteiger partial charge in [-0.25, -0.2) is 9.97 Å². The fraction of sp³-hybridized carbons (Fsp3) is 0.0909. The van der Waals surface area contributed by atoms with Gasteiger partial charge in [0.05, 0.1) is 36.7 Å². The molecule has 1 aliphatic rings. The third-order valence-corrected chi connectivity index (χ3v) is 5.08. The average molecular weight is 415 g/mol. The quantitative estimate of drug-likeness (QED) is 0.483. The van der Waals surface area contributed by atoms with Gasteiger partial charge >= 0.3 is 0 Å². The van der Waals surface area contributed by atoms with E-state index in [1.807, 2.05) is 18.2 Å². The fourth-order valence-electron chi connectivity index (χ4n) is 3.60. The Kier molecular flexibility index (Phi) is 4.28. The van der Waals surface area contributed by atoms with E-state index in [-0.39, 0.29) is 0 Å². The first-order valence-corrected chi connectivity index (χ1v) is 9.41. The molecule has 0 saturated carbocycles. The summed E-state index contributed by atoms with van der Waals surface area (Å²) in [4.78, 5) is 33.4. The zero-order valence-electron chi connectivity index (χ0n) is 16.7. The van der Waals surface area contributed by atoms with Gasteiger partial charge in [-0.15, -0.1) is 0 Å². The molecule has 0 spiro atoms. The molecular formula is C22H17N5O4. The Labute approximate surface area is 176 Å². The lowest BCUT2D eigenvalue weighted by atomic mass is 10.1. The second-order valence-electron chi connectivity index (χ2n) is 6.83. The van der Waals surface area contributed by atoms with Crippen LogP contribution in [0.2, 0.25) is 0 Å². The Bertz CT molecular complexity index is 1360. The summed E-state index contributed by atoms with van der Waals surface area (Å²) in [7, 11) is 3.15. The molecule has 0 fully saturated rings. The second-order valence-corrected chi connectivity index (χ2v) is 6.83. The molecule has 0 saturated heterocycles. The lowest BCUT2D eigenvalue weighted by molar-refractivity contribution is 0.0880. The van der Waals surface area contributed by atoms with Gasteiger partial charge in [-0.05, 0) is 30.3 Å². The number of hydrogen-bond acceptors (Lipinski definition) is 7. The molecule has 4 aromatic rings. The van der Waals surface area contributed by atoms with Gasteiger partial charge in [-0.2, -0.15) is 0 Å². The van der Waals surface area contributed by atoms with E-state index in [0.717, 1.165) is 5.56 Å². The molecule has 0 aliphatic carbocycles. The Balaban J connectivity index is 1.63. The third kappa shape index (κ3) is 3.03. The average Bonchev–Trinajstić information content (AvgIpc) is 3.38. The molecule has 1 aliphatic heterocycles. The third-order valence-electron chi connectivity index (χ3n) is 5.08. The number of ether oxygens (including phenoxy) is 2. The lowest BCUT2D eigenvalue weighted by Gasteiger charge is -2.13. The first kappa shape index (κ1) is 18.6. The Hall–Kier alpha value is -4.40. The summed E-state index contributed by atoms with van der Waals surface area (Å²) in [5.74, 6) is 0.780. The number of amides is 2. The molecule has 154 valence electrons. The summed E-state index contributed by atoms with van der Waals surface area (Å²) in [5, 5.41) is 5.51. The zero-order valence-corrected chi connectivity index (χ0v) is 16.7. The molecule has 0 bridgehead atoms. The van der Waals surface area contributed by atoms with Crippen LogP contribution >= 0.6 is 0 Å². The van der Waals surface area contributed by atoms with Crippen LogP contribution in [0.15, 0.2) is 54.9 Å². The van der Waals surface area contributed by atoms with Crippen LogP contribution in [0.25, 0.3) is 16.9 Å². The monoisotopic (exact) mass is 415 g/mol. The molecule has 31 heavy (non-hydrogen) atoms. The first-order chi connectivity index (χ1) is 15.1. The van der Waals surface area contributed by atoms with Gasteiger partial charge in [-0.3, -0.25) is 19.3 Å². The number of rotatable bonds is 5. The molecule has 2 N–H and O–H groups in total. The molecule has 5 rings (SSSR count). The number of imidazole rings is 1. The van der Waals surface area contributed by atoms with Crippen molar-refractivity contribution < 1.29 is 19.1 Å². The number of carbonyl (C=O) groups excluding carboxylic acids is 2. The van der Waals surface area contributed by atoms with Crippen LogP contribution in [0.3, 0.4) is 0 Å². The Morgan fingerprint density at radius 3 is 2.65 bits per heavy atom. The highest BCUT2D eigenvalue weighted by atomic mass is 16.5. The molecule has 0 radical (unpaired) electrons. The second kappa shape index (κ2) is 7.13. The van der Waals surface area contributed by atoms with Crippen molar-refractivity contribution in [3.63, 3.8) is 0 Å². The van der Waals surface area contributed by atoms with Crippen molar-refractivity contribution in [1.82, 2.24) is 19.7 Å². The number of methoxy groups -OCH3 is 2. The molecule has 0 unspecified atom stereocenters. The van der Waals surface area contributed by atoms with Crippen LogP contribution in [0, 0.1) is 0 Å². The van der Waals surface area contributed by atoms with Crippen LogP contribution in [-0.4, -0.2) is 40.4 Å². The highest BCUT2D eigenvalue weighted by Crippen LogP contribution is 2.33. The van der Waals surface area contributed by atoms with E-state index in [9.17, 15) is 9.59 Å². The van der Waals surface area contributed by atoms with Gasteiger partial charge < -0.3 is 14.8 Å². The molecular weight excluding hydrogens is 398 g/mol. The van der Waals surface area contributed by atoms with Gasteiger partial charge in [0.25, 0.3) is 11.8 Å². The predicted octanol–water partition coefficient (Wildman–Crippen LogP) is 3.04. The minimum Gasteiger partial charge on any atom is -0.493 e. The molecule has 2 aromatic heterocycles. The topological polar surface area (TPSA) is 107 Å². The minimum absolute atomic E-state index is 0.291. The fourth-order valence-corrected chi connectivity index (χ4v) is 3.60. The number of anilines is 2. The highest BCUT2D eigenvalue weighted by Gasteiger charge is 2.29. The lowest BCUT2D eigenvalue weighted by Crippen LogP contribution is -2.20. The number of fused-ring (bicyclic) bond motifs is 2. The summed E-state index contributed by atoms with van der Waals surface area (Å²) in [6, 6.07) is 12.4. The van der Waals surface area contributed by atoms with Gasteiger partial charge in [0.2, 0.25) is 5.95 Å².